The van der Waals surface area contributed by atoms with Gasteiger partial charge in [-0.2, -0.15) is 18.6 Å². The van der Waals surface area contributed by atoms with Crippen molar-refractivity contribution >= 4 is 27.6 Å². The molecule has 2 atom stereocenters. The largest absolute Gasteiger partial charge is 0.477 e. The molecule has 3 aromatic rings. The quantitative estimate of drug-likeness (QED) is 0.246. The van der Waals surface area contributed by atoms with Gasteiger partial charge in [-0.05, 0) is 75.9 Å². The minimum Gasteiger partial charge on any atom is -0.477 e. The molecule has 5 rings (SSSR count). The van der Waals surface area contributed by atoms with E-state index >= 15 is 0 Å². The van der Waals surface area contributed by atoms with Crippen LogP contribution >= 0.6 is 0 Å². The van der Waals surface area contributed by atoms with E-state index in [1.54, 1.807) is 24.5 Å². The van der Waals surface area contributed by atoms with E-state index in [4.69, 9.17) is 21.9 Å². The highest BCUT2D eigenvalue weighted by molar-refractivity contribution is 7.90. The molecule has 3 N–H and O–H groups in total. The number of amides is 1. The topological polar surface area (TPSA) is 165 Å². The van der Waals surface area contributed by atoms with Gasteiger partial charge in [0.25, 0.3) is 15.9 Å². The Hall–Kier alpha value is -5.09. The van der Waals surface area contributed by atoms with Crippen molar-refractivity contribution in [3.05, 3.63) is 78.1 Å². The number of pyridine rings is 3. The number of carbonyl (C=O) groups is 1. The minimum absolute atomic E-state index is 0.0231. The Labute approximate surface area is 281 Å². The summed E-state index contributed by atoms with van der Waals surface area (Å²) in [5.41, 5.74) is 6.99. The van der Waals surface area contributed by atoms with E-state index in [1.807, 2.05) is 31.2 Å². The van der Waals surface area contributed by atoms with Gasteiger partial charge in [0.15, 0.2) is 5.03 Å². The van der Waals surface area contributed by atoms with Crippen molar-refractivity contribution in [2.24, 2.45) is 16.1 Å². The van der Waals surface area contributed by atoms with Gasteiger partial charge < -0.3 is 15.4 Å². The molecule has 250 valence electrons. The predicted octanol–water partition coefficient (Wildman–Crippen LogP) is 5.63. The lowest BCUT2D eigenvalue weighted by Crippen LogP contribution is -2.43. The van der Waals surface area contributed by atoms with Gasteiger partial charge in [-0.1, -0.05) is 25.1 Å². The molecule has 0 spiro atoms. The van der Waals surface area contributed by atoms with Gasteiger partial charge in [-0.25, -0.2) is 19.7 Å². The highest BCUT2D eigenvalue weighted by Gasteiger charge is 2.41. The maximum absolute atomic E-state index is 13.6. The number of terminal acetylenes is 1. The molecule has 12 nitrogen and oxygen atoms in total. The number of sulfonamides is 1. The molecule has 0 bridgehead atoms. The second-order valence-electron chi connectivity index (χ2n) is 12.6. The lowest BCUT2D eigenvalue weighted by molar-refractivity contribution is 0.0981. The molecular weight excluding hydrogens is 629 g/mol. The second kappa shape index (κ2) is 13.9. The lowest BCUT2D eigenvalue weighted by Gasteiger charge is -2.36. The highest BCUT2D eigenvalue weighted by atomic mass is 32.2. The third kappa shape index (κ3) is 7.39. The Kier molecular flexibility index (Phi) is 9.95. The molecule has 0 saturated carbocycles. The summed E-state index contributed by atoms with van der Waals surface area (Å²) in [4.78, 5) is 29.0. The molecule has 0 aliphatic carbocycles. The van der Waals surface area contributed by atoms with Gasteiger partial charge in [-0.15, -0.1) is 12.3 Å². The van der Waals surface area contributed by atoms with Crippen molar-refractivity contribution < 1.29 is 17.9 Å². The maximum Gasteiger partial charge on any atom is 0.281 e. The molecule has 1 fully saturated rings. The first-order valence-electron chi connectivity index (χ1n) is 15.7. The fourth-order valence-electron chi connectivity index (χ4n) is 5.77. The first kappa shape index (κ1) is 34.3. The monoisotopic (exact) mass is 668 g/mol. The molecule has 3 aromatic heterocycles. The summed E-state index contributed by atoms with van der Waals surface area (Å²) in [7, 11) is -4.30. The number of nitrogens with two attached hydrogens (primary N) is 1. The first-order chi connectivity index (χ1) is 22.8. The molecule has 1 amide bonds. The van der Waals surface area contributed by atoms with Crippen molar-refractivity contribution in [3.63, 3.8) is 0 Å². The summed E-state index contributed by atoms with van der Waals surface area (Å²) in [6.07, 6.45) is 17.3. The summed E-state index contributed by atoms with van der Waals surface area (Å²) in [5.74, 6) is 3.04. The lowest BCUT2D eigenvalue weighted by atomic mass is 9.90. The summed E-state index contributed by atoms with van der Waals surface area (Å²) in [5, 5.41) is 8.27. The van der Waals surface area contributed by atoms with E-state index in [-0.39, 0.29) is 21.9 Å². The number of nitrogen functional groups attached to an aromatic ring is 1. The zero-order valence-corrected chi connectivity index (χ0v) is 28.4. The molecule has 0 aromatic carbocycles. The van der Waals surface area contributed by atoms with E-state index in [0.717, 1.165) is 12.0 Å². The van der Waals surface area contributed by atoms with Crippen molar-refractivity contribution in [1.82, 2.24) is 19.7 Å². The molecule has 13 heteroatoms. The van der Waals surface area contributed by atoms with Crippen LogP contribution in [0.15, 0.2) is 82.3 Å². The van der Waals surface area contributed by atoms with Gasteiger partial charge in [-0.3, -0.25) is 4.79 Å². The van der Waals surface area contributed by atoms with Crippen LogP contribution in [0.1, 0.15) is 62.4 Å². The molecule has 48 heavy (non-hydrogen) atoms. The smallest absolute Gasteiger partial charge is 0.281 e. The highest BCUT2D eigenvalue weighted by Crippen LogP contribution is 2.39. The Morgan fingerprint density at radius 2 is 2.00 bits per heavy atom. The van der Waals surface area contributed by atoms with E-state index in [0.29, 0.717) is 61.3 Å². The van der Waals surface area contributed by atoms with Gasteiger partial charge >= 0.3 is 0 Å². The van der Waals surface area contributed by atoms with Gasteiger partial charge in [0.2, 0.25) is 5.88 Å². The number of allylic oxidation sites excluding steroid dienone is 2. The van der Waals surface area contributed by atoms with Crippen molar-refractivity contribution in [3.8, 4) is 29.5 Å². The van der Waals surface area contributed by atoms with Crippen LogP contribution in [0.25, 0.3) is 11.3 Å². The number of aryl methyl sites for hydroxylation is 1. The van der Waals surface area contributed by atoms with Crippen LogP contribution in [-0.2, 0) is 10.0 Å². The van der Waals surface area contributed by atoms with Crippen LogP contribution in [-0.4, -0.2) is 53.5 Å². The zero-order valence-electron chi connectivity index (χ0n) is 27.6. The van der Waals surface area contributed by atoms with Gasteiger partial charge in [0.1, 0.15) is 17.2 Å². The maximum atomic E-state index is 13.6. The summed E-state index contributed by atoms with van der Waals surface area (Å²) >= 11 is 0. The molecule has 2 aliphatic heterocycles. The van der Waals surface area contributed by atoms with Crippen LogP contribution < -0.4 is 20.1 Å². The second-order valence-corrected chi connectivity index (χ2v) is 14.2. The van der Waals surface area contributed by atoms with E-state index in [1.165, 1.54) is 18.2 Å². The summed E-state index contributed by atoms with van der Waals surface area (Å²) < 4.78 is 34.3. The first-order valence-corrected chi connectivity index (χ1v) is 17.2. The van der Waals surface area contributed by atoms with E-state index in [9.17, 15) is 13.2 Å². The molecule has 0 radical (unpaired) electrons. The van der Waals surface area contributed by atoms with E-state index < -0.39 is 21.5 Å². The van der Waals surface area contributed by atoms with Crippen molar-refractivity contribution in [1.29, 1.82) is 0 Å². The standard InChI is InChI=1S/C35H40N8O4S/c1-6-7-16-35(17-8-9-19-38-42-35)18-21-47-33-24(2)22-26(23-37-33)28-14-13-27(31(39-28)43-20-15-25(3)34(43,4)5)32(44)41-48(45,46)30-12-10-11-29(36)40-30/h1,8-14,17,19,22-23,25H,7,15-16,18,20-21H2,2-5H3,(H2,36,40)(H,41,44). The Bertz CT molecular complexity index is 1910. The Morgan fingerprint density at radius 1 is 1.19 bits per heavy atom. The number of nitrogens with one attached hydrogen (secondary N) is 1. The van der Waals surface area contributed by atoms with Gasteiger partial charge in [0.05, 0.1) is 17.9 Å². The minimum atomic E-state index is -4.30. The number of azo groups is 1. The normalized spacial score (nSPS) is 19.9. The third-order valence-electron chi connectivity index (χ3n) is 9.04. The summed E-state index contributed by atoms with van der Waals surface area (Å²) in [6, 6.07) is 9.39. The number of nitrogens with zero attached hydrogens (tertiary/aromatic N) is 6. The van der Waals surface area contributed by atoms with Crippen molar-refractivity contribution in [2.75, 3.05) is 23.8 Å². The molecule has 2 aliphatic rings. The van der Waals surface area contributed by atoms with Crippen LogP contribution in [0.4, 0.5) is 11.6 Å². The number of ether oxygens (including phenoxy) is 1. The Balaban J connectivity index is 1.40. The number of hydrogen-bond donors (Lipinski definition) is 2. The SMILES string of the molecule is C#CCCC1(CCOc2ncc(-c3ccc(C(=O)NS(=O)(=O)c4cccc(N)n4)c(N4CCC(C)C4(C)C)n3)cc2C)C=CC=CN=N1. The fourth-order valence-corrected chi connectivity index (χ4v) is 6.72. The average Bonchev–Trinajstić information content (AvgIpc) is 3.18. The third-order valence-corrected chi connectivity index (χ3v) is 10.3. The number of rotatable bonds is 11. The average molecular weight is 669 g/mol. The van der Waals surface area contributed by atoms with Crippen LogP contribution in [0.3, 0.4) is 0 Å². The molecule has 5 heterocycles. The molecule has 2 unspecified atom stereocenters. The Morgan fingerprint density at radius 3 is 2.71 bits per heavy atom. The number of anilines is 2. The number of aromatic nitrogens is 3. The van der Waals surface area contributed by atoms with Gasteiger partial charge in [0, 0.05) is 48.4 Å². The van der Waals surface area contributed by atoms with Crippen LogP contribution in [0.2, 0.25) is 0 Å². The van der Waals surface area contributed by atoms with E-state index in [2.05, 4.69) is 56.5 Å². The van der Waals surface area contributed by atoms with Crippen LogP contribution in [0, 0.1) is 25.2 Å². The van der Waals surface area contributed by atoms with Crippen molar-refractivity contribution in [2.45, 2.75) is 69.5 Å². The van der Waals surface area contributed by atoms with Crippen LogP contribution in [0.5, 0.6) is 5.88 Å². The fraction of sp³-hybridized carbons (Fsp3) is 0.371. The number of hydrogen-bond acceptors (Lipinski definition) is 11. The zero-order chi connectivity index (χ0) is 34.5. The number of carbonyl (C=O) groups excluding carboxylic acids is 1. The molecular formula is C35H40N8O4S. The predicted molar refractivity (Wildman–Crippen MR) is 185 cm³/mol. The molecule has 1 saturated heterocycles. The summed E-state index contributed by atoms with van der Waals surface area (Å²) in [6.45, 7) is 9.22.